The molecule has 19 heavy (non-hydrogen) atoms. The minimum absolute atomic E-state index is 0.269. The van der Waals surface area contributed by atoms with Crippen molar-refractivity contribution in [3.05, 3.63) is 34.9 Å². The fourth-order valence-corrected chi connectivity index (χ4v) is 1.92. The Labute approximate surface area is 117 Å². The van der Waals surface area contributed by atoms with Crippen molar-refractivity contribution < 1.29 is 19.1 Å². The van der Waals surface area contributed by atoms with Crippen LogP contribution in [0.1, 0.15) is 34.8 Å². The molecule has 0 spiro atoms. The van der Waals surface area contributed by atoms with Crippen LogP contribution < -0.4 is 0 Å². The van der Waals surface area contributed by atoms with Gasteiger partial charge in [-0.2, -0.15) is 0 Å². The van der Waals surface area contributed by atoms with Crippen LogP contribution in [-0.2, 0) is 26.6 Å². The second kappa shape index (κ2) is 7.79. The number of methoxy groups -OCH3 is 1. The highest BCUT2D eigenvalue weighted by Crippen LogP contribution is 2.17. The lowest BCUT2D eigenvalue weighted by Gasteiger charge is -2.09. The summed E-state index contributed by atoms with van der Waals surface area (Å²) in [7, 11) is 1.36. The summed E-state index contributed by atoms with van der Waals surface area (Å²) in [4.78, 5) is 22.7. The van der Waals surface area contributed by atoms with Crippen LogP contribution in [0.4, 0.5) is 0 Å². The molecule has 1 aromatic rings. The van der Waals surface area contributed by atoms with Crippen molar-refractivity contribution >= 4 is 23.5 Å². The van der Waals surface area contributed by atoms with Gasteiger partial charge in [-0.1, -0.05) is 6.07 Å². The number of ether oxygens (including phenoxy) is 2. The summed E-state index contributed by atoms with van der Waals surface area (Å²) in [6.45, 7) is 2.09. The Morgan fingerprint density at radius 2 is 2.00 bits per heavy atom. The van der Waals surface area contributed by atoms with Gasteiger partial charge in [0.1, 0.15) is 0 Å². The maximum atomic E-state index is 11.6. The van der Waals surface area contributed by atoms with Crippen molar-refractivity contribution in [3.63, 3.8) is 0 Å². The first-order valence-electron chi connectivity index (χ1n) is 6.04. The van der Waals surface area contributed by atoms with Gasteiger partial charge < -0.3 is 9.47 Å². The molecule has 0 bridgehead atoms. The first-order chi connectivity index (χ1) is 9.12. The summed E-state index contributed by atoms with van der Waals surface area (Å²) >= 11 is 5.87. The molecule has 0 atom stereocenters. The Morgan fingerprint density at radius 3 is 2.58 bits per heavy atom. The summed E-state index contributed by atoms with van der Waals surface area (Å²) in [5, 5.41) is 0. The van der Waals surface area contributed by atoms with Crippen molar-refractivity contribution in [1.29, 1.82) is 0 Å². The monoisotopic (exact) mass is 284 g/mol. The summed E-state index contributed by atoms with van der Waals surface area (Å²) in [5.41, 5.74) is 2.24. The van der Waals surface area contributed by atoms with Gasteiger partial charge in [-0.05, 0) is 36.6 Å². The molecule has 0 aliphatic rings. The summed E-state index contributed by atoms with van der Waals surface area (Å²) in [5.74, 6) is -0.354. The Bertz CT molecular complexity index is 457. The number of hydrogen-bond donors (Lipinski definition) is 0. The van der Waals surface area contributed by atoms with E-state index < -0.39 is 0 Å². The van der Waals surface area contributed by atoms with Crippen LogP contribution in [0.15, 0.2) is 18.2 Å². The third-order valence-corrected chi connectivity index (χ3v) is 2.98. The fourth-order valence-electron chi connectivity index (χ4n) is 1.67. The number of rotatable bonds is 6. The SMILES string of the molecule is CCOC(=O)c1ccc(CCC(=O)OC)c(CCl)c1. The number of halogens is 1. The molecule has 0 fully saturated rings. The molecule has 4 nitrogen and oxygen atoms in total. The van der Waals surface area contributed by atoms with E-state index in [1.165, 1.54) is 7.11 Å². The van der Waals surface area contributed by atoms with Crippen LogP contribution >= 0.6 is 11.6 Å². The van der Waals surface area contributed by atoms with Crippen molar-refractivity contribution in [2.45, 2.75) is 25.6 Å². The van der Waals surface area contributed by atoms with Gasteiger partial charge >= 0.3 is 11.9 Å². The zero-order chi connectivity index (χ0) is 14.3. The summed E-state index contributed by atoms with van der Waals surface area (Å²) < 4.78 is 9.52. The second-order valence-electron chi connectivity index (χ2n) is 3.91. The van der Waals surface area contributed by atoms with Crippen LogP contribution in [-0.4, -0.2) is 25.7 Å². The molecule has 0 aliphatic heterocycles. The Kier molecular flexibility index (Phi) is 6.36. The molecule has 1 rings (SSSR count). The van der Waals surface area contributed by atoms with E-state index in [1.54, 1.807) is 25.1 Å². The highest BCUT2D eigenvalue weighted by molar-refractivity contribution is 6.17. The molecular formula is C14H17ClO4. The van der Waals surface area contributed by atoms with E-state index in [4.69, 9.17) is 16.3 Å². The second-order valence-corrected chi connectivity index (χ2v) is 4.18. The predicted octanol–water partition coefficient (Wildman–Crippen LogP) is 2.71. The average Bonchev–Trinajstić information content (AvgIpc) is 2.44. The Morgan fingerprint density at radius 1 is 1.26 bits per heavy atom. The van der Waals surface area contributed by atoms with Gasteiger partial charge in [-0.25, -0.2) is 4.79 Å². The number of esters is 2. The van der Waals surface area contributed by atoms with E-state index in [-0.39, 0.29) is 17.8 Å². The van der Waals surface area contributed by atoms with Crippen LogP contribution in [0.3, 0.4) is 0 Å². The van der Waals surface area contributed by atoms with Gasteiger partial charge in [0.25, 0.3) is 0 Å². The van der Waals surface area contributed by atoms with Crippen molar-refractivity contribution in [2.75, 3.05) is 13.7 Å². The Balaban J connectivity index is 2.84. The zero-order valence-electron chi connectivity index (χ0n) is 11.1. The molecule has 5 heteroatoms. The van der Waals surface area contributed by atoms with E-state index in [0.29, 0.717) is 25.0 Å². The first kappa shape index (κ1) is 15.5. The average molecular weight is 285 g/mol. The van der Waals surface area contributed by atoms with E-state index in [2.05, 4.69) is 4.74 Å². The molecule has 0 radical (unpaired) electrons. The number of hydrogen-bond acceptors (Lipinski definition) is 4. The molecule has 0 unspecified atom stereocenters. The van der Waals surface area contributed by atoms with Crippen molar-refractivity contribution in [3.8, 4) is 0 Å². The highest BCUT2D eigenvalue weighted by atomic mass is 35.5. The van der Waals surface area contributed by atoms with Crippen molar-refractivity contribution in [2.24, 2.45) is 0 Å². The number of alkyl halides is 1. The number of carbonyl (C=O) groups excluding carboxylic acids is 2. The fraction of sp³-hybridized carbons (Fsp3) is 0.429. The highest BCUT2D eigenvalue weighted by Gasteiger charge is 2.11. The minimum atomic E-state index is -0.367. The molecule has 0 amide bonds. The lowest BCUT2D eigenvalue weighted by atomic mass is 10.0. The molecule has 0 aliphatic carbocycles. The molecule has 0 saturated heterocycles. The molecule has 0 aromatic heterocycles. The van der Waals surface area contributed by atoms with E-state index in [0.717, 1.165) is 11.1 Å². The van der Waals surface area contributed by atoms with Crippen LogP contribution in [0, 0.1) is 0 Å². The first-order valence-corrected chi connectivity index (χ1v) is 6.57. The molecule has 1 aromatic carbocycles. The molecule has 0 N–H and O–H groups in total. The molecular weight excluding hydrogens is 268 g/mol. The maximum Gasteiger partial charge on any atom is 0.338 e. The van der Waals surface area contributed by atoms with E-state index in [9.17, 15) is 9.59 Å². The minimum Gasteiger partial charge on any atom is -0.469 e. The van der Waals surface area contributed by atoms with Gasteiger partial charge in [0.2, 0.25) is 0 Å². The van der Waals surface area contributed by atoms with Gasteiger partial charge in [0, 0.05) is 12.3 Å². The zero-order valence-corrected chi connectivity index (χ0v) is 11.8. The molecule has 0 heterocycles. The quantitative estimate of drug-likeness (QED) is 0.595. The number of aryl methyl sites for hydroxylation is 1. The topological polar surface area (TPSA) is 52.6 Å². The number of benzene rings is 1. The smallest absolute Gasteiger partial charge is 0.338 e. The number of carbonyl (C=O) groups is 2. The summed E-state index contributed by atoms with van der Waals surface area (Å²) in [6.07, 6.45) is 0.830. The van der Waals surface area contributed by atoms with Gasteiger partial charge in [-0.3, -0.25) is 4.79 Å². The third-order valence-electron chi connectivity index (χ3n) is 2.69. The van der Waals surface area contributed by atoms with E-state index >= 15 is 0 Å². The van der Waals surface area contributed by atoms with E-state index in [1.807, 2.05) is 0 Å². The van der Waals surface area contributed by atoms with Gasteiger partial charge in [0.15, 0.2) is 0 Å². The van der Waals surface area contributed by atoms with Crippen LogP contribution in [0.2, 0.25) is 0 Å². The largest absolute Gasteiger partial charge is 0.469 e. The lowest BCUT2D eigenvalue weighted by Crippen LogP contribution is -2.07. The van der Waals surface area contributed by atoms with Gasteiger partial charge in [0.05, 0.1) is 19.3 Å². The molecule has 0 saturated carbocycles. The van der Waals surface area contributed by atoms with Crippen molar-refractivity contribution in [1.82, 2.24) is 0 Å². The maximum absolute atomic E-state index is 11.6. The molecule has 104 valence electrons. The Hall–Kier alpha value is -1.55. The summed E-state index contributed by atoms with van der Waals surface area (Å²) in [6, 6.07) is 5.19. The predicted molar refractivity (Wildman–Crippen MR) is 72.3 cm³/mol. The lowest BCUT2D eigenvalue weighted by molar-refractivity contribution is -0.140. The van der Waals surface area contributed by atoms with Gasteiger partial charge in [-0.15, -0.1) is 11.6 Å². The standard InChI is InChI=1S/C14H17ClO4/c1-3-19-14(17)11-5-4-10(12(8-11)9-15)6-7-13(16)18-2/h4-5,8H,3,6-7,9H2,1-2H3. The third kappa shape index (κ3) is 4.56. The normalized spacial score (nSPS) is 10.1. The van der Waals surface area contributed by atoms with Crippen LogP contribution in [0.5, 0.6) is 0 Å². The van der Waals surface area contributed by atoms with Crippen LogP contribution in [0.25, 0.3) is 0 Å².